The molecule has 0 saturated carbocycles. The number of hydrogen-bond acceptors (Lipinski definition) is 4. The molecule has 0 aliphatic heterocycles. The minimum atomic E-state index is -3.79. The van der Waals surface area contributed by atoms with Gasteiger partial charge in [0.15, 0.2) is 0 Å². The molecule has 0 unspecified atom stereocenters. The van der Waals surface area contributed by atoms with Crippen LogP contribution in [0.1, 0.15) is 19.4 Å². The van der Waals surface area contributed by atoms with Crippen LogP contribution in [0.25, 0.3) is 0 Å². The van der Waals surface area contributed by atoms with Crippen molar-refractivity contribution in [2.75, 3.05) is 0 Å². The molecule has 4 nitrogen and oxygen atoms in total. The van der Waals surface area contributed by atoms with Gasteiger partial charge in [-0.3, -0.25) is 4.98 Å². The zero-order valence-corrected chi connectivity index (χ0v) is 9.30. The van der Waals surface area contributed by atoms with Crippen LogP contribution in [0.4, 0.5) is 0 Å². The zero-order valence-electron chi connectivity index (χ0n) is 7.73. The van der Waals surface area contributed by atoms with E-state index in [1.54, 1.807) is 0 Å². The van der Waals surface area contributed by atoms with Crippen molar-refractivity contribution in [3.63, 3.8) is 0 Å². The van der Waals surface area contributed by atoms with Gasteiger partial charge in [-0.1, -0.05) is 0 Å². The van der Waals surface area contributed by atoms with E-state index in [1.807, 2.05) is 0 Å². The molecule has 0 aliphatic rings. The number of rotatable bonds is 2. The molecule has 1 N–H and O–H groups in total. The van der Waals surface area contributed by atoms with E-state index in [0.717, 1.165) is 6.20 Å². The Balaban J connectivity index is 3.29. The summed E-state index contributed by atoms with van der Waals surface area (Å²) in [6, 6.07) is 1.30. The van der Waals surface area contributed by atoms with Gasteiger partial charge in [0.1, 0.15) is 4.90 Å². The Morgan fingerprint density at radius 1 is 1.43 bits per heavy atom. The molecule has 0 fully saturated rings. The lowest BCUT2D eigenvalue weighted by molar-refractivity contribution is 0.0780. The smallest absolute Gasteiger partial charge is 0.262 e. The first-order valence-corrected chi connectivity index (χ1v) is 6.15. The third kappa shape index (κ3) is 2.67. The third-order valence-electron chi connectivity index (χ3n) is 1.70. The highest BCUT2D eigenvalue weighted by atomic mass is 35.7. The summed E-state index contributed by atoms with van der Waals surface area (Å²) in [5.41, 5.74) is -0.732. The third-order valence-corrected chi connectivity index (χ3v) is 3.02. The Morgan fingerprint density at radius 3 is 2.43 bits per heavy atom. The lowest BCUT2D eigenvalue weighted by Crippen LogP contribution is -2.16. The molecule has 0 spiro atoms. The predicted octanol–water partition coefficient (Wildman–Crippen LogP) is 1.24. The maximum absolute atomic E-state index is 11.0. The summed E-state index contributed by atoms with van der Waals surface area (Å²) < 4.78 is 21.9. The molecule has 0 aliphatic carbocycles. The van der Waals surface area contributed by atoms with Crippen molar-refractivity contribution in [3.05, 3.63) is 24.0 Å². The molecule has 14 heavy (non-hydrogen) atoms. The standard InChI is InChI=1S/C8H10ClNO3S/c1-8(2,11)6-3-7(5-10-4-6)14(9,12)13/h3-5,11H,1-2H3. The fourth-order valence-electron chi connectivity index (χ4n) is 0.887. The van der Waals surface area contributed by atoms with E-state index < -0.39 is 14.7 Å². The Bertz CT molecular complexity index is 436. The number of halogens is 1. The van der Waals surface area contributed by atoms with Crippen molar-refractivity contribution in [2.24, 2.45) is 0 Å². The summed E-state index contributed by atoms with van der Waals surface area (Å²) in [6.07, 6.45) is 2.53. The first kappa shape index (κ1) is 11.4. The van der Waals surface area contributed by atoms with Crippen molar-refractivity contribution in [1.29, 1.82) is 0 Å². The summed E-state index contributed by atoms with van der Waals surface area (Å²) in [5.74, 6) is 0. The Hall–Kier alpha value is -0.650. The monoisotopic (exact) mass is 235 g/mol. The fraction of sp³-hybridized carbons (Fsp3) is 0.375. The van der Waals surface area contributed by atoms with E-state index in [9.17, 15) is 13.5 Å². The van der Waals surface area contributed by atoms with Crippen LogP contribution < -0.4 is 0 Å². The van der Waals surface area contributed by atoms with Crippen LogP contribution in [-0.4, -0.2) is 18.5 Å². The largest absolute Gasteiger partial charge is 0.386 e. The van der Waals surface area contributed by atoms with Gasteiger partial charge in [-0.2, -0.15) is 0 Å². The summed E-state index contributed by atoms with van der Waals surface area (Å²) in [6.45, 7) is 3.07. The van der Waals surface area contributed by atoms with Gasteiger partial charge in [-0.05, 0) is 19.9 Å². The van der Waals surface area contributed by atoms with Crippen LogP contribution in [0.2, 0.25) is 0 Å². The van der Waals surface area contributed by atoms with Crippen molar-refractivity contribution in [2.45, 2.75) is 24.3 Å². The van der Waals surface area contributed by atoms with Crippen molar-refractivity contribution in [3.8, 4) is 0 Å². The van der Waals surface area contributed by atoms with Crippen molar-refractivity contribution >= 4 is 19.7 Å². The summed E-state index contributed by atoms with van der Waals surface area (Å²) >= 11 is 0. The second-order valence-electron chi connectivity index (χ2n) is 3.41. The van der Waals surface area contributed by atoms with Gasteiger partial charge in [0.05, 0.1) is 5.60 Å². The maximum atomic E-state index is 11.0. The normalized spacial score (nSPS) is 12.9. The van der Waals surface area contributed by atoms with Gasteiger partial charge in [-0.25, -0.2) is 8.42 Å². The molecule has 0 aromatic carbocycles. The molecule has 78 valence electrons. The Morgan fingerprint density at radius 2 is 2.00 bits per heavy atom. The van der Waals surface area contributed by atoms with Gasteiger partial charge in [-0.15, -0.1) is 0 Å². The molecule has 0 bridgehead atoms. The summed E-state index contributed by atoms with van der Waals surface area (Å²) in [5, 5.41) is 9.60. The van der Waals surface area contributed by atoms with E-state index in [0.29, 0.717) is 5.56 Å². The van der Waals surface area contributed by atoms with E-state index >= 15 is 0 Å². The average Bonchev–Trinajstić information content (AvgIpc) is 2.01. The topological polar surface area (TPSA) is 67.3 Å². The lowest BCUT2D eigenvalue weighted by atomic mass is 10.0. The van der Waals surface area contributed by atoms with Crippen molar-refractivity contribution in [1.82, 2.24) is 4.98 Å². The van der Waals surface area contributed by atoms with E-state index in [4.69, 9.17) is 10.7 Å². The second kappa shape index (κ2) is 3.49. The average molecular weight is 236 g/mol. The highest BCUT2D eigenvalue weighted by Gasteiger charge is 2.19. The maximum Gasteiger partial charge on any atom is 0.262 e. The van der Waals surface area contributed by atoms with Crippen molar-refractivity contribution < 1.29 is 13.5 Å². The minimum Gasteiger partial charge on any atom is -0.386 e. The number of nitrogens with zero attached hydrogens (tertiary/aromatic N) is 1. The molecule has 1 aromatic heterocycles. The molecule has 0 saturated heterocycles. The molecular formula is C8H10ClNO3S. The van der Waals surface area contributed by atoms with Gasteiger partial charge in [0.25, 0.3) is 9.05 Å². The van der Waals surface area contributed by atoms with Crippen LogP contribution in [0.15, 0.2) is 23.4 Å². The second-order valence-corrected chi connectivity index (χ2v) is 5.97. The predicted molar refractivity (Wildman–Crippen MR) is 52.5 cm³/mol. The molecule has 1 rings (SSSR count). The molecule has 1 aromatic rings. The quantitative estimate of drug-likeness (QED) is 0.784. The first-order valence-electron chi connectivity index (χ1n) is 3.84. The summed E-state index contributed by atoms with van der Waals surface area (Å²) in [7, 11) is 1.34. The molecule has 0 amide bonds. The first-order chi connectivity index (χ1) is 6.21. The molecular weight excluding hydrogens is 226 g/mol. The zero-order chi connectivity index (χ0) is 11.0. The lowest BCUT2D eigenvalue weighted by Gasteiger charge is -2.17. The molecule has 0 atom stereocenters. The number of aromatic nitrogens is 1. The highest BCUT2D eigenvalue weighted by Crippen LogP contribution is 2.22. The van der Waals surface area contributed by atoms with E-state index in [1.165, 1.54) is 26.1 Å². The van der Waals surface area contributed by atoms with E-state index in [2.05, 4.69) is 4.98 Å². The van der Waals surface area contributed by atoms with Crippen LogP contribution in [0.3, 0.4) is 0 Å². The Labute approximate surface area is 87.0 Å². The van der Waals surface area contributed by atoms with Crippen LogP contribution in [-0.2, 0) is 14.7 Å². The SMILES string of the molecule is CC(C)(O)c1cncc(S(=O)(=O)Cl)c1. The number of hydrogen-bond donors (Lipinski definition) is 1. The molecule has 1 heterocycles. The van der Waals surface area contributed by atoms with Gasteiger partial charge < -0.3 is 5.11 Å². The highest BCUT2D eigenvalue weighted by molar-refractivity contribution is 8.13. The van der Waals surface area contributed by atoms with E-state index in [-0.39, 0.29) is 4.90 Å². The number of aliphatic hydroxyl groups is 1. The van der Waals surface area contributed by atoms with Gasteiger partial charge in [0.2, 0.25) is 0 Å². The minimum absolute atomic E-state index is 0.112. The van der Waals surface area contributed by atoms with Crippen LogP contribution in [0.5, 0.6) is 0 Å². The summed E-state index contributed by atoms with van der Waals surface area (Å²) in [4.78, 5) is 3.58. The van der Waals surface area contributed by atoms with Crippen LogP contribution >= 0.6 is 10.7 Å². The van der Waals surface area contributed by atoms with Gasteiger partial charge in [0, 0.05) is 28.6 Å². The Kier molecular flexibility index (Phi) is 2.85. The number of pyridine rings is 1. The fourth-order valence-corrected chi connectivity index (χ4v) is 1.59. The molecule has 0 radical (unpaired) electrons. The van der Waals surface area contributed by atoms with Gasteiger partial charge >= 0.3 is 0 Å². The molecule has 6 heteroatoms. The van der Waals surface area contributed by atoms with Crippen LogP contribution in [0, 0.1) is 0 Å².